The molecule has 114 valence electrons. The van der Waals surface area contributed by atoms with Crippen molar-refractivity contribution in [2.75, 3.05) is 33.1 Å². The number of aromatic carboxylic acids is 1. The molecule has 0 aromatic heterocycles. The Bertz CT molecular complexity index is 559. The lowest BCUT2D eigenvalue weighted by Crippen LogP contribution is -2.39. The molecule has 8 nitrogen and oxygen atoms in total. The molecule has 0 aliphatic rings. The average molecular weight is 295 g/mol. The number of carbonyl (C=O) groups is 3. The average Bonchev–Trinajstić information content (AvgIpc) is 2.46. The highest BCUT2D eigenvalue weighted by molar-refractivity contribution is 6.01. The Labute approximate surface area is 121 Å². The molecule has 0 fully saturated rings. The van der Waals surface area contributed by atoms with Crippen molar-refractivity contribution in [1.82, 2.24) is 10.2 Å². The van der Waals surface area contributed by atoms with Gasteiger partial charge in [0.2, 0.25) is 5.91 Å². The number of ether oxygens (including phenoxy) is 1. The van der Waals surface area contributed by atoms with Gasteiger partial charge in [0.05, 0.1) is 18.4 Å². The van der Waals surface area contributed by atoms with Crippen molar-refractivity contribution in [1.29, 1.82) is 0 Å². The van der Waals surface area contributed by atoms with E-state index >= 15 is 0 Å². The molecule has 0 aliphatic carbocycles. The third-order valence-corrected chi connectivity index (χ3v) is 2.71. The van der Waals surface area contributed by atoms with Crippen LogP contribution in [0.4, 0.5) is 10.5 Å². The first kappa shape index (κ1) is 16.3. The number of carboxylic acid groups (broad SMARTS) is 1. The third kappa shape index (κ3) is 4.37. The number of carbonyl (C=O) groups excluding carboxylic acids is 2. The zero-order valence-electron chi connectivity index (χ0n) is 12.0. The topological polar surface area (TPSA) is 108 Å². The minimum Gasteiger partial charge on any atom is -0.497 e. The second kappa shape index (κ2) is 7.13. The quantitative estimate of drug-likeness (QED) is 0.737. The highest BCUT2D eigenvalue weighted by Gasteiger charge is 2.17. The number of nitrogens with zero attached hydrogens (tertiary/aromatic N) is 1. The number of carboxylic acids is 1. The molecule has 0 aliphatic heterocycles. The van der Waals surface area contributed by atoms with Crippen LogP contribution in [-0.2, 0) is 4.79 Å². The van der Waals surface area contributed by atoms with Gasteiger partial charge in [-0.05, 0) is 18.2 Å². The molecular formula is C13H17N3O5. The summed E-state index contributed by atoms with van der Waals surface area (Å²) in [6, 6.07) is 3.66. The summed E-state index contributed by atoms with van der Waals surface area (Å²) in [5, 5.41) is 14.0. The van der Waals surface area contributed by atoms with E-state index in [1.165, 1.54) is 39.4 Å². The van der Waals surface area contributed by atoms with Crippen LogP contribution in [0.25, 0.3) is 0 Å². The molecule has 0 heterocycles. The Morgan fingerprint density at radius 2 is 2.00 bits per heavy atom. The van der Waals surface area contributed by atoms with Crippen molar-refractivity contribution in [2.45, 2.75) is 0 Å². The van der Waals surface area contributed by atoms with Gasteiger partial charge in [0, 0.05) is 14.1 Å². The lowest BCUT2D eigenvalue weighted by Gasteiger charge is -2.18. The molecule has 1 aromatic rings. The zero-order valence-corrected chi connectivity index (χ0v) is 12.0. The first-order chi connectivity index (χ1) is 9.88. The van der Waals surface area contributed by atoms with Crippen molar-refractivity contribution < 1.29 is 24.2 Å². The molecule has 0 bridgehead atoms. The summed E-state index contributed by atoms with van der Waals surface area (Å²) in [6.45, 7) is -0.138. The van der Waals surface area contributed by atoms with Crippen LogP contribution in [-0.4, -0.2) is 55.7 Å². The van der Waals surface area contributed by atoms with E-state index < -0.39 is 12.0 Å². The Balaban J connectivity index is 2.89. The van der Waals surface area contributed by atoms with Gasteiger partial charge in [0.15, 0.2) is 0 Å². The molecule has 0 spiro atoms. The minimum absolute atomic E-state index is 0.101. The van der Waals surface area contributed by atoms with Crippen LogP contribution in [0.2, 0.25) is 0 Å². The highest BCUT2D eigenvalue weighted by atomic mass is 16.5. The van der Waals surface area contributed by atoms with Crippen molar-refractivity contribution in [3.63, 3.8) is 0 Å². The van der Waals surface area contributed by atoms with Gasteiger partial charge in [-0.3, -0.25) is 4.79 Å². The van der Waals surface area contributed by atoms with Crippen molar-refractivity contribution in [2.24, 2.45) is 0 Å². The lowest BCUT2D eigenvalue weighted by molar-refractivity contribution is -0.120. The lowest BCUT2D eigenvalue weighted by atomic mass is 10.1. The van der Waals surface area contributed by atoms with E-state index in [9.17, 15) is 14.4 Å². The van der Waals surface area contributed by atoms with Gasteiger partial charge in [-0.25, -0.2) is 9.59 Å². The normalized spacial score (nSPS) is 9.67. The number of benzene rings is 1. The van der Waals surface area contributed by atoms with Crippen LogP contribution in [0.5, 0.6) is 5.75 Å². The summed E-state index contributed by atoms with van der Waals surface area (Å²) < 4.78 is 4.94. The minimum atomic E-state index is -1.20. The number of urea groups is 1. The smallest absolute Gasteiger partial charge is 0.337 e. The molecule has 0 saturated carbocycles. The largest absolute Gasteiger partial charge is 0.497 e. The Kier molecular flexibility index (Phi) is 5.53. The van der Waals surface area contributed by atoms with Crippen molar-refractivity contribution >= 4 is 23.6 Å². The molecule has 1 rings (SSSR count). The van der Waals surface area contributed by atoms with E-state index in [4.69, 9.17) is 9.84 Å². The summed E-state index contributed by atoms with van der Waals surface area (Å²) in [4.78, 5) is 35.4. The highest BCUT2D eigenvalue weighted by Crippen LogP contribution is 2.22. The molecule has 8 heteroatoms. The van der Waals surface area contributed by atoms with Crippen LogP contribution in [0.15, 0.2) is 18.2 Å². The number of hydrogen-bond donors (Lipinski definition) is 3. The zero-order chi connectivity index (χ0) is 16.0. The van der Waals surface area contributed by atoms with E-state index in [2.05, 4.69) is 10.6 Å². The second-order valence-electron chi connectivity index (χ2n) is 4.18. The second-order valence-corrected chi connectivity index (χ2v) is 4.18. The van der Waals surface area contributed by atoms with Gasteiger partial charge in [-0.15, -0.1) is 0 Å². The number of amides is 3. The predicted octanol–water partition coefficient (Wildman–Crippen LogP) is 0.603. The van der Waals surface area contributed by atoms with E-state index in [0.717, 1.165) is 4.90 Å². The van der Waals surface area contributed by atoms with Gasteiger partial charge < -0.3 is 25.4 Å². The summed E-state index contributed by atoms with van der Waals surface area (Å²) in [5.74, 6) is -1.16. The van der Waals surface area contributed by atoms with Crippen molar-refractivity contribution in [3.05, 3.63) is 23.8 Å². The maximum atomic E-state index is 11.9. The molecule has 21 heavy (non-hydrogen) atoms. The summed E-state index contributed by atoms with van der Waals surface area (Å²) in [5.41, 5.74) is 0.0214. The fourth-order valence-electron chi connectivity index (χ4n) is 1.51. The predicted molar refractivity (Wildman–Crippen MR) is 75.7 cm³/mol. The molecule has 1 aromatic carbocycles. The molecule has 3 N–H and O–H groups in total. The molecule has 0 radical (unpaired) electrons. The monoisotopic (exact) mass is 295 g/mol. The molecule has 0 atom stereocenters. The number of likely N-dealkylation sites (N-methyl/N-ethyl adjacent to an activating group) is 2. The molecular weight excluding hydrogens is 278 g/mol. The fraction of sp³-hybridized carbons (Fsp3) is 0.308. The number of nitrogens with one attached hydrogen (secondary N) is 2. The van der Waals surface area contributed by atoms with Crippen LogP contribution in [0.1, 0.15) is 10.4 Å². The Morgan fingerprint density at radius 1 is 1.33 bits per heavy atom. The van der Waals surface area contributed by atoms with E-state index in [0.29, 0.717) is 5.75 Å². The summed E-state index contributed by atoms with van der Waals surface area (Å²) in [6.07, 6.45) is 0. The molecule has 0 saturated heterocycles. The van der Waals surface area contributed by atoms with Crippen LogP contribution >= 0.6 is 0 Å². The Morgan fingerprint density at radius 3 is 2.52 bits per heavy atom. The van der Waals surface area contributed by atoms with Crippen LogP contribution < -0.4 is 15.4 Å². The van der Waals surface area contributed by atoms with Crippen molar-refractivity contribution in [3.8, 4) is 5.75 Å². The van der Waals surface area contributed by atoms with Crippen LogP contribution in [0, 0.1) is 0 Å². The van der Waals surface area contributed by atoms with E-state index in [1.807, 2.05) is 0 Å². The first-order valence-corrected chi connectivity index (χ1v) is 6.03. The van der Waals surface area contributed by atoms with Gasteiger partial charge in [-0.1, -0.05) is 0 Å². The van der Waals surface area contributed by atoms with Gasteiger partial charge >= 0.3 is 12.0 Å². The maximum absolute atomic E-state index is 11.9. The number of methoxy groups -OCH3 is 1. The SMILES string of the molecule is CNC(=O)CN(C)C(=O)Nc1ccc(OC)cc1C(=O)O. The summed E-state index contributed by atoms with van der Waals surface area (Å²) >= 11 is 0. The van der Waals surface area contributed by atoms with E-state index in [-0.39, 0.29) is 23.7 Å². The number of anilines is 1. The van der Waals surface area contributed by atoms with Crippen LogP contribution in [0.3, 0.4) is 0 Å². The molecule has 3 amide bonds. The first-order valence-electron chi connectivity index (χ1n) is 6.03. The Hall–Kier alpha value is -2.77. The molecule has 0 unspecified atom stereocenters. The van der Waals surface area contributed by atoms with Gasteiger partial charge in [0.25, 0.3) is 0 Å². The fourth-order valence-corrected chi connectivity index (χ4v) is 1.51. The van der Waals surface area contributed by atoms with E-state index in [1.54, 1.807) is 0 Å². The van der Waals surface area contributed by atoms with Gasteiger partial charge in [0.1, 0.15) is 12.3 Å². The summed E-state index contributed by atoms with van der Waals surface area (Å²) in [7, 11) is 4.30. The third-order valence-electron chi connectivity index (χ3n) is 2.71. The number of hydrogen-bond acceptors (Lipinski definition) is 4. The number of rotatable bonds is 5. The van der Waals surface area contributed by atoms with Gasteiger partial charge in [-0.2, -0.15) is 0 Å². The standard InChI is InChI=1S/C13H17N3O5/c1-14-11(17)7-16(2)13(20)15-10-5-4-8(21-3)6-9(10)12(18)19/h4-6H,7H2,1-3H3,(H,14,17)(H,15,20)(H,18,19). The maximum Gasteiger partial charge on any atom is 0.337 e.